The maximum absolute atomic E-state index is 3.47. The highest BCUT2D eigenvalue weighted by atomic mass is 14.9. The largest absolute Gasteiger partial charge is 0.347 e. The number of aromatic nitrogens is 1. The number of nitrogens with zero attached hydrogens (tertiary/aromatic N) is 1. The fourth-order valence-electron chi connectivity index (χ4n) is 2.33. The van der Waals surface area contributed by atoms with Crippen LogP contribution in [0.1, 0.15) is 46.6 Å². The molecule has 0 aliphatic heterocycles. The second-order valence-electron chi connectivity index (χ2n) is 7.25. The van der Waals surface area contributed by atoms with E-state index in [0.29, 0.717) is 11.5 Å². The van der Waals surface area contributed by atoms with Gasteiger partial charge in [-0.1, -0.05) is 40.7 Å². The van der Waals surface area contributed by atoms with Crippen LogP contribution in [-0.4, -0.2) is 10.6 Å². The average molecular weight is 272 g/mol. The molecule has 0 saturated carbocycles. The molecule has 0 aliphatic rings. The molecule has 1 N–H and O–H groups in total. The minimum atomic E-state index is 0.387. The lowest BCUT2D eigenvalue weighted by Gasteiger charge is -2.18. The summed E-state index contributed by atoms with van der Waals surface area (Å²) in [5, 5.41) is 4.82. The molecule has 0 fully saturated rings. The predicted molar refractivity (Wildman–Crippen MR) is 88.0 cm³/mol. The fourth-order valence-corrected chi connectivity index (χ4v) is 2.33. The van der Waals surface area contributed by atoms with Gasteiger partial charge in [0.05, 0.1) is 0 Å². The van der Waals surface area contributed by atoms with Crippen molar-refractivity contribution in [3.8, 4) is 0 Å². The smallest absolute Gasteiger partial charge is 0.0480 e. The minimum absolute atomic E-state index is 0.387. The molecule has 1 heterocycles. The summed E-state index contributed by atoms with van der Waals surface area (Å²) in [6.45, 7) is 13.3. The minimum Gasteiger partial charge on any atom is -0.347 e. The van der Waals surface area contributed by atoms with Crippen molar-refractivity contribution in [2.24, 2.45) is 5.41 Å². The van der Waals surface area contributed by atoms with Crippen molar-refractivity contribution < 1.29 is 0 Å². The first-order valence-electron chi connectivity index (χ1n) is 7.66. The molecule has 1 aromatic carbocycles. The Kier molecular flexibility index (Phi) is 4.54. The lowest BCUT2D eigenvalue weighted by molar-refractivity contribution is 0.353. The lowest BCUT2D eigenvalue weighted by atomic mass is 9.92. The summed E-state index contributed by atoms with van der Waals surface area (Å²) in [5.41, 5.74) is 3.10. The van der Waals surface area contributed by atoms with Gasteiger partial charge in [-0.25, -0.2) is 0 Å². The van der Waals surface area contributed by atoms with Gasteiger partial charge in [-0.3, -0.25) is 0 Å². The van der Waals surface area contributed by atoms with Gasteiger partial charge in [0.2, 0.25) is 0 Å². The third-order valence-corrected chi connectivity index (χ3v) is 3.65. The Labute approximate surface area is 123 Å². The zero-order valence-corrected chi connectivity index (χ0v) is 13.5. The van der Waals surface area contributed by atoms with E-state index < -0.39 is 0 Å². The van der Waals surface area contributed by atoms with Crippen molar-refractivity contribution in [3.63, 3.8) is 0 Å². The Bertz CT molecular complexity index is 558. The van der Waals surface area contributed by atoms with Crippen LogP contribution in [-0.2, 0) is 13.1 Å². The van der Waals surface area contributed by atoms with Crippen molar-refractivity contribution in [2.45, 2.75) is 60.2 Å². The van der Waals surface area contributed by atoms with E-state index in [1.54, 1.807) is 0 Å². The molecule has 20 heavy (non-hydrogen) atoms. The highest BCUT2D eigenvalue weighted by molar-refractivity contribution is 5.80. The maximum atomic E-state index is 3.47. The monoisotopic (exact) mass is 272 g/mol. The number of fused-ring (bicyclic) bond motifs is 1. The van der Waals surface area contributed by atoms with E-state index in [1.807, 2.05) is 0 Å². The Morgan fingerprint density at radius 2 is 1.90 bits per heavy atom. The second kappa shape index (κ2) is 6.01. The van der Waals surface area contributed by atoms with Gasteiger partial charge in [-0.15, -0.1) is 0 Å². The van der Waals surface area contributed by atoms with Crippen molar-refractivity contribution in [1.82, 2.24) is 9.88 Å². The van der Waals surface area contributed by atoms with Gasteiger partial charge in [-0.05, 0) is 41.0 Å². The molecule has 2 heteroatoms. The molecule has 2 nitrogen and oxygen atoms in total. The fraction of sp³-hybridized carbons (Fsp3) is 0.556. The van der Waals surface area contributed by atoms with Gasteiger partial charge in [0.25, 0.3) is 0 Å². The summed E-state index contributed by atoms with van der Waals surface area (Å²) < 4.78 is 2.38. The van der Waals surface area contributed by atoms with E-state index in [4.69, 9.17) is 0 Å². The third-order valence-electron chi connectivity index (χ3n) is 3.65. The van der Waals surface area contributed by atoms with Gasteiger partial charge in [-0.2, -0.15) is 0 Å². The predicted octanol–water partition coefficient (Wildman–Crippen LogP) is 4.58. The van der Waals surface area contributed by atoms with E-state index in [9.17, 15) is 0 Å². The van der Waals surface area contributed by atoms with Gasteiger partial charge >= 0.3 is 0 Å². The summed E-state index contributed by atoms with van der Waals surface area (Å²) in [5.74, 6) is 0. The van der Waals surface area contributed by atoms with Crippen LogP contribution >= 0.6 is 0 Å². The van der Waals surface area contributed by atoms with Gasteiger partial charge < -0.3 is 9.88 Å². The van der Waals surface area contributed by atoms with Crippen LogP contribution in [0, 0.1) is 5.41 Å². The van der Waals surface area contributed by atoms with Crippen LogP contribution in [0.5, 0.6) is 0 Å². The van der Waals surface area contributed by atoms with Crippen LogP contribution in [0.3, 0.4) is 0 Å². The second-order valence-corrected chi connectivity index (χ2v) is 7.25. The molecule has 1 aromatic heterocycles. The number of nitrogens with one attached hydrogen (secondary N) is 1. The number of benzene rings is 1. The van der Waals surface area contributed by atoms with Crippen molar-refractivity contribution in [3.05, 3.63) is 36.0 Å². The Balaban J connectivity index is 2.12. The van der Waals surface area contributed by atoms with Crippen molar-refractivity contribution in [2.75, 3.05) is 0 Å². The van der Waals surface area contributed by atoms with Gasteiger partial charge in [0.15, 0.2) is 0 Å². The average Bonchev–Trinajstić information content (AvgIpc) is 2.75. The first kappa shape index (κ1) is 15.1. The van der Waals surface area contributed by atoms with Crippen LogP contribution in [0.4, 0.5) is 0 Å². The zero-order chi connectivity index (χ0) is 14.8. The number of aryl methyl sites for hydroxylation is 1. The molecular formula is C18H28N2. The number of hydrogen-bond donors (Lipinski definition) is 1. The number of rotatable bonds is 5. The molecule has 0 aliphatic carbocycles. The van der Waals surface area contributed by atoms with Crippen LogP contribution in [0.25, 0.3) is 10.9 Å². The van der Waals surface area contributed by atoms with E-state index in [-0.39, 0.29) is 0 Å². The molecule has 0 radical (unpaired) electrons. The van der Waals surface area contributed by atoms with Crippen LogP contribution in [0.15, 0.2) is 30.5 Å². The SMILES string of the molecule is CC(C)NCc1ccc2c(ccn2CCC(C)(C)C)c1. The maximum Gasteiger partial charge on any atom is 0.0480 e. The standard InChI is InChI=1S/C18H28N2/c1-14(2)19-13-15-6-7-17-16(12-15)8-10-20(17)11-9-18(3,4)5/h6-8,10,12,14,19H,9,11,13H2,1-5H3. The van der Waals surface area contributed by atoms with Crippen LogP contribution in [0.2, 0.25) is 0 Å². The Morgan fingerprint density at radius 3 is 2.55 bits per heavy atom. The first-order valence-corrected chi connectivity index (χ1v) is 7.66. The molecule has 0 bridgehead atoms. The molecule has 110 valence electrons. The van der Waals surface area contributed by atoms with Crippen molar-refractivity contribution >= 4 is 10.9 Å². The van der Waals surface area contributed by atoms with E-state index in [2.05, 4.69) is 75.0 Å². The normalized spacial score (nSPS) is 12.5. The molecule has 2 rings (SSSR count). The Hall–Kier alpha value is -1.28. The van der Waals surface area contributed by atoms with E-state index in [0.717, 1.165) is 13.1 Å². The third kappa shape index (κ3) is 4.11. The van der Waals surface area contributed by atoms with Gasteiger partial charge in [0, 0.05) is 30.8 Å². The molecule has 0 amide bonds. The lowest BCUT2D eigenvalue weighted by Crippen LogP contribution is -2.21. The zero-order valence-electron chi connectivity index (χ0n) is 13.5. The van der Waals surface area contributed by atoms with Crippen molar-refractivity contribution in [1.29, 1.82) is 0 Å². The molecule has 0 atom stereocenters. The van der Waals surface area contributed by atoms with E-state index >= 15 is 0 Å². The summed E-state index contributed by atoms with van der Waals surface area (Å²) in [4.78, 5) is 0. The topological polar surface area (TPSA) is 17.0 Å². The summed E-state index contributed by atoms with van der Waals surface area (Å²) in [6.07, 6.45) is 3.42. The quantitative estimate of drug-likeness (QED) is 0.843. The highest BCUT2D eigenvalue weighted by Crippen LogP contribution is 2.23. The molecule has 0 unspecified atom stereocenters. The molecular weight excluding hydrogens is 244 g/mol. The number of hydrogen-bond acceptors (Lipinski definition) is 1. The first-order chi connectivity index (χ1) is 9.35. The highest BCUT2D eigenvalue weighted by Gasteiger charge is 2.11. The molecule has 0 saturated heterocycles. The summed E-state index contributed by atoms with van der Waals surface area (Å²) in [7, 11) is 0. The summed E-state index contributed by atoms with van der Waals surface area (Å²) >= 11 is 0. The van der Waals surface area contributed by atoms with Gasteiger partial charge in [0.1, 0.15) is 0 Å². The summed E-state index contributed by atoms with van der Waals surface area (Å²) in [6, 6.07) is 9.57. The Morgan fingerprint density at radius 1 is 1.15 bits per heavy atom. The molecule has 0 spiro atoms. The molecule has 2 aromatic rings. The van der Waals surface area contributed by atoms with E-state index in [1.165, 1.54) is 22.9 Å². The van der Waals surface area contributed by atoms with Crippen LogP contribution < -0.4 is 5.32 Å².